The lowest BCUT2D eigenvalue weighted by Gasteiger charge is -2.22. The zero-order valence-electron chi connectivity index (χ0n) is 7.44. The Balaban J connectivity index is 1.90. The van der Waals surface area contributed by atoms with E-state index in [1.807, 2.05) is 12.1 Å². The Morgan fingerprint density at radius 2 is 2.54 bits per heavy atom. The SMILES string of the molecule is c1cnnc(O[C@@H]2CCCNC2)c1. The van der Waals surface area contributed by atoms with Crippen LogP contribution in [0.25, 0.3) is 0 Å². The molecule has 70 valence electrons. The molecule has 13 heavy (non-hydrogen) atoms. The fourth-order valence-corrected chi connectivity index (χ4v) is 1.44. The lowest BCUT2D eigenvalue weighted by Crippen LogP contribution is -2.37. The summed E-state index contributed by atoms with van der Waals surface area (Å²) in [6.45, 7) is 2.01. The predicted molar refractivity (Wildman–Crippen MR) is 48.6 cm³/mol. The maximum absolute atomic E-state index is 5.62. The third kappa shape index (κ3) is 2.39. The zero-order chi connectivity index (χ0) is 8.93. The van der Waals surface area contributed by atoms with Crippen LogP contribution in [0.5, 0.6) is 5.88 Å². The standard InChI is InChI=1S/C9H13N3O/c1-3-8(7-10-5-1)13-9-4-2-6-11-12-9/h2,4,6,8,10H,1,3,5,7H2/t8-/m1/s1. The van der Waals surface area contributed by atoms with E-state index < -0.39 is 0 Å². The molecule has 0 aromatic carbocycles. The van der Waals surface area contributed by atoms with Gasteiger partial charge in [0.15, 0.2) is 0 Å². The summed E-state index contributed by atoms with van der Waals surface area (Å²) in [7, 11) is 0. The van der Waals surface area contributed by atoms with Crippen molar-refractivity contribution in [3.63, 3.8) is 0 Å². The Hall–Kier alpha value is -1.16. The van der Waals surface area contributed by atoms with Crippen molar-refractivity contribution in [1.82, 2.24) is 15.5 Å². The van der Waals surface area contributed by atoms with Crippen LogP contribution in [-0.4, -0.2) is 29.4 Å². The van der Waals surface area contributed by atoms with Crippen molar-refractivity contribution in [2.75, 3.05) is 13.1 Å². The van der Waals surface area contributed by atoms with E-state index in [1.165, 1.54) is 6.42 Å². The van der Waals surface area contributed by atoms with Crippen LogP contribution < -0.4 is 10.1 Å². The van der Waals surface area contributed by atoms with Crippen LogP contribution in [0.15, 0.2) is 18.3 Å². The molecule has 1 fully saturated rings. The van der Waals surface area contributed by atoms with Crippen LogP contribution in [-0.2, 0) is 0 Å². The molecule has 1 aliphatic heterocycles. The highest BCUT2D eigenvalue weighted by Crippen LogP contribution is 2.10. The summed E-state index contributed by atoms with van der Waals surface area (Å²) >= 11 is 0. The Kier molecular flexibility index (Phi) is 2.72. The highest BCUT2D eigenvalue weighted by molar-refractivity contribution is 5.06. The van der Waals surface area contributed by atoms with Crippen LogP contribution in [0.3, 0.4) is 0 Å². The van der Waals surface area contributed by atoms with Crippen molar-refractivity contribution >= 4 is 0 Å². The normalized spacial score (nSPS) is 22.6. The highest BCUT2D eigenvalue weighted by Gasteiger charge is 2.14. The molecular weight excluding hydrogens is 166 g/mol. The van der Waals surface area contributed by atoms with E-state index in [9.17, 15) is 0 Å². The van der Waals surface area contributed by atoms with Gasteiger partial charge in [-0.2, -0.15) is 5.10 Å². The van der Waals surface area contributed by atoms with Gasteiger partial charge in [0.05, 0.1) is 0 Å². The first-order valence-corrected chi connectivity index (χ1v) is 4.60. The number of nitrogens with zero attached hydrogens (tertiary/aromatic N) is 2. The molecule has 0 spiro atoms. The van der Waals surface area contributed by atoms with Gasteiger partial charge in [0.25, 0.3) is 0 Å². The van der Waals surface area contributed by atoms with Gasteiger partial charge in [-0.1, -0.05) is 0 Å². The smallest absolute Gasteiger partial charge is 0.233 e. The first kappa shape index (κ1) is 8.44. The predicted octanol–water partition coefficient (Wildman–Crippen LogP) is 0.607. The minimum Gasteiger partial charge on any atom is -0.472 e. The van der Waals surface area contributed by atoms with Gasteiger partial charge in [0, 0.05) is 18.8 Å². The van der Waals surface area contributed by atoms with E-state index >= 15 is 0 Å². The monoisotopic (exact) mass is 179 g/mol. The molecule has 1 atom stereocenters. The van der Waals surface area contributed by atoms with Gasteiger partial charge in [-0.05, 0) is 25.5 Å². The molecular formula is C9H13N3O. The molecule has 0 amide bonds. The van der Waals surface area contributed by atoms with E-state index in [4.69, 9.17) is 4.74 Å². The molecule has 1 aliphatic rings. The number of piperidine rings is 1. The van der Waals surface area contributed by atoms with Gasteiger partial charge in [0.1, 0.15) is 6.10 Å². The van der Waals surface area contributed by atoms with Crippen molar-refractivity contribution in [2.24, 2.45) is 0 Å². The van der Waals surface area contributed by atoms with E-state index in [2.05, 4.69) is 15.5 Å². The summed E-state index contributed by atoms with van der Waals surface area (Å²) in [4.78, 5) is 0. The maximum atomic E-state index is 5.62. The van der Waals surface area contributed by atoms with Gasteiger partial charge in [0.2, 0.25) is 5.88 Å². The minimum atomic E-state index is 0.255. The fourth-order valence-electron chi connectivity index (χ4n) is 1.44. The third-order valence-electron chi connectivity index (χ3n) is 2.09. The molecule has 0 unspecified atom stereocenters. The van der Waals surface area contributed by atoms with Crippen LogP contribution in [0.1, 0.15) is 12.8 Å². The van der Waals surface area contributed by atoms with E-state index in [0.29, 0.717) is 5.88 Å². The van der Waals surface area contributed by atoms with Gasteiger partial charge in [-0.15, -0.1) is 5.10 Å². The molecule has 1 saturated heterocycles. The molecule has 2 heterocycles. The molecule has 0 saturated carbocycles. The van der Waals surface area contributed by atoms with Gasteiger partial charge in [-0.3, -0.25) is 0 Å². The summed E-state index contributed by atoms with van der Waals surface area (Å²) in [6.07, 6.45) is 4.17. The van der Waals surface area contributed by atoms with Crippen LogP contribution in [0.4, 0.5) is 0 Å². The second-order valence-electron chi connectivity index (χ2n) is 3.15. The third-order valence-corrected chi connectivity index (χ3v) is 2.09. The molecule has 1 aromatic rings. The number of ether oxygens (including phenoxy) is 1. The first-order valence-electron chi connectivity index (χ1n) is 4.60. The molecule has 0 radical (unpaired) electrons. The molecule has 0 bridgehead atoms. The maximum Gasteiger partial charge on any atom is 0.233 e. The second kappa shape index (κ2) is 4.18. The van der Waals surface area contributed by atoms with Crippen LogP contribution >= 0.6 is 0 Å². The number of hydrogen-bond acceptors (Lipinski definition) is 4. The molecule has 4 heteroatoms. The van der Waals surface area contributed by atoms with Crippen molar-refractivity contribution in [3.05, 3.63) is 18.3 Å². The fraction of sp³-hybridized carbons (Fsp3) is 0.556. The zero-order valence-corrected chi connectivity index (χ0v) is 7.44. The summed E-state index contributed by atoms with van der Waals surface area (Å²) in [5, 5.41) is 10.9. The summed E-state index contributed by atoms with van der Waals surface area (Å²) in [5.41, 5.74) is 0. The number of aromatic nitrogens is 2. The second-order valence-corrected chi connectivity index (χ2v) is 3.15. The Morgan fingerprint density at radius 1 is 1.54 bits per heavy atom. The van der Waals surface area contributed by atoms with Crippen molar-refractivity contribution in [3.8, 4) is 5.88 Å². The van der Waals surface area contributed by atoms with Gasteiger partial charge >= 0.3 is 0 Å². The summed E-state index contributed by atoms with van der Waals surface area (Å²) < 4.78 is 5.62. The van der Waals surface area contributed by atoms with E-state index in [-0.39, 0.29) is 6.10 Å². The largest absolute Gasteiger partial charge is 0.472 e. The molecule has 1 N–H and O–H groups in total. The lowest BCUT2D eigenvalue weighted by molar-refractivity contribution is 0.159. The number of rotatable bonds is 2. The van der Waals surface area contributed by atoms with Gasteiger partial charge < -0.3 is 10.1 Å². The Bertz CT molecular complexity index is 246. The number of hydrogen-bond donors (Lipinski definition) is 1. The summed E-state index contributed by atoms with van der Waals surface area (Å²) in [6, 6.07) is 3.67. The van der Waals surface area contributed by atoms with E-state index in [1.54, 1.807) is 6.20 Å². The molecule has 1 aromatic heterocycles. The topological polar surface area (TPSA) is 47.0 Å². The molecule has 2 rings (SSSR count). The van der Waals surface area contributed by atoms with Crippen LogP contribution in [0.2, 0.25) is 0 Å². The summed E-state index contributed by atoms with van der Waals surface area (Å²) in [5.74, 6) is 0.621. The van der Waals surface area contributed by atoms with E-state index in [0.717, 1.165) is 19.5 Å². The number of nitrogens with one attached hydrogen (secondary N) is 1. The Morgan fingerprint density at radius 3 is 3.23 bits per heavy atom. The van der Waals surface area contributed by atoms with Crippen molar-refractivity contribution in [2.45, 2.75) is 18.9 Å². The minimum absolute atomic E-state index is 0.255. The van der Waals surface area contributed by atoms with Gasteiger partial charge in [-0.25, -0.2) is 0 Å². The quantitative estimate of drug-likeness (QED) is 0.722. The van der Waals surface area contributed by atoms with Crippen molar-refractivity contribution < 1.29 is 4.74 Å². The molecule has 4 nitrogen and oxygen atoms in total. The van der Waals surface area contributed by atoms with Crippen LogP contribution in [0, 0.1) is 0 Å². The average molecular weight is 179 g/mol. The highest BCUT2D eigenvalue weighted by atomic mass is 16.5. The molecule has 0 aliphatic carbocycles. The average Bonchev–Trinajstić information content (AvgIpc) is 2.21. The lowest BCUT2D eigenvalue weighted by atomic mass is 10.1. The Labute approximate surface area is 77.3 Å². The van der Waals surface area contributed by atoms with Crippen molar-refractivity contribution in [1.29, 1.82) is 0 Å². The first-order chi connectivity index (χ1) is 6.45.